The molecular weight excluding hydrogens is 432 g/mol. The Morgan fingerprint density at radius 2 is 1.38 bits per heavy atom. The SMILES string of the molecule is O=[N+]([O-])c1c(Nc2ccc(Oc3ccccc3)cc2)ncnc1Oc1ccc2ccccc2c1. The Morgan fingerprint density at radius 1 is 0.706 bits per heavy atom. The van der Waals surface area contributed by atoms with Gasteiger partial charge < -0.3 is 14.8 Å². The van der Waals surface area contributed by atoms with E-state index < -0.39 is 4.92 Å². The van der Waals surface area contributed by atoms with Crippen LogP contribution in [0.4, 0.5) is 17.2 Å². The lowest BCUT2D eigenvalue weighted by Gasteiger charge is -2.11. The number of fused-ring (bicyclic) bond motifs is 1. The van der Waals surface area contributed by atoms with Crippen LogP contribution in [0.2, 0.25) is 0 Å². The predicted octanol–water partition coefficient (Wildman–Crippen LogP) is 6.87. The highest BCUT2D eigenvalue weighted by atomic mass is 16.6. The highest BCUT2D eigenvalue weighted by Crippen LogP contribution is 2.36. The second-order valence-electron chi connectivity index (χ2n) is 7.31. The molecule has 0 aliphatic rings. The molecule has 1 N–H and O–H groups in total. The highest BCUT2D eigenvalue weighted by Gasteiger charge is 2.25. The summed E-state index contributed by atoms with van der Waals surface area (Å²) in [6.07, 6.45) is 1.22. The molecule has 8 nitrogen and oxygen atoms in total. The van der Waals surface area contributed by atoms with Crippen molar-refractivity contribution in [2.45, 2.75) is 0 Å². The minimum Gasteiger partial charge on any atom is -0.457 e. The maximum Gasteiger partial charge on any atom is 0.373 e. The molecule has 1 heterocycles. The largest absolute Gasteiger partial charge is 0.457 e. The van der Waals surface area contributed by atoms with Crippen molar-refractivity contribution in [2.24, 2.45) is 0 Å². The first-order chi connectivity index (χ1) is 16.7. The van der Waals surface area contributed by atoms with E-state index in [9.17, 15) is 10.1 Å². The molecule has 5 rings (SSSR count). The lowest BCUT2D eigenvalue weighted by molar-refractivity contribution is -0.385. The number of para-hydroxylation sites is 1. The van der Waals surface area contributed by atoms with Crippen molar-refractivity contribution in [2.75, 3.05) is 5.32 Å². The molecule has 0 unspecified atom stereocenters. The monoisotopic (exact) mass is 450 g/mol. The van der Waals surface area contributed by atoms with E-state index in [2.05, 4.69) is 15.3 Å². The number of nitrogens with one attached hydrogen (secondary N) is 1. The zero-order valence-electron chi connectivity index (χ0n) is 17.8. The van der Waals surface area contributed by atoms with Gasteiger partial charge in [0, 0.05) is 5.69 Å². The lowest BCUT2D eigenvalue weighted by Crippen LogP contribution is -2.03. The van der Waals surface area contributed by atoms with Crippen LogP contribution in [-0.4, -0.2) is 14.9 Å². The van der Waals surface area contributed by atoms with Crippen molar-refractivity contribution >= 4 is 28.0 Å². The fraction of sp³-hybridized carbons (Fsp3) is 0. The van der Waals surface area contributed by atoms with Crippen LogP contribution in [0.1, 0.15) is 0 Å². The van der Waals surface area contributed by atoms with Crippen molar-refractivity contribution < 1.29 is 14.4 Å². The molecule has 4 aromatic carbocycles. The normalized spacial score (nSPS) is 10.6. The van der Waals surface area contributed by atoms with Gasteiger partial charge in [0.25, 0.3) is 0 Å². The molecule has 1 aromatic heterocycles. The summed E-state index contributed by atoms with van der Waals surface area (Å²) in [4.78, 5) is 19.4. The van der Waals surface area contributed by atoms with Gasteiger partial charge in [-0.15, -0.1) is 0 Å². The molecule has 166 valence electrons. The van der Waals surface area contributed by atoms with Gasteiger partial charge in [-0.2, -0.15) is 4.98 Å². The number of nitro groups is 1. The Hall–Kier alpha value is -4.98. The van der Waals surface area contributed by atoms with Crippen LogP contribution < -0.4 is 14.8 Å². The average Bonchev–Trinajstić information content (AvgIpc) is 2.86. The first-order valence-corrected chi connectivity index (χ1v) is 10.4. The standard InChI is InChI=1S/C26H18N4O4/c31-30(32)24-25(29-20-11-14-22(15-12-20)33-21-8-2-1-3-9-21)27-17-28-26(24)34-23-13-10-18-6-4-5-7-19(18)16-23/h1-17H,(H,27,28,29). The van der Waals surface area contributed by atoms with Crippen LogP contribution in [0.15, 0.2) is 103 Å². The number of nitrogens with zero attached hydrogens (tertiary/aromatic N) is 3. The van der Waals surface area contributed by atoms with Gasteiger partial charge in [-0.25, -0.2) is 4.98 Å². The summed E-state index contributed by atoms with van der Waals surface area (Å²) < 4.78 is 11.6. The maximum absolute atomic E-state index is 11.9. The zero-order chi connectivity index (χ0) is 23.3. The zero-order valence-corrected chi connectivity index (χ0v) is 17.8. The van der Waals surface area contributed by atoms with E-state index in [0.717, 1.165) is 10.8 Å². The predicted molar refractivity (Wildman–Crippen MR) is 129 cm³/mol. The summed E-state index contributed by atoms with van der Waals surface area (Å²) >= 11 is 0. The van der Waals surface area contributed by atoms with Gasteiger partial charge in [-0.3, -0.25) is 10.1 Å². The molecule has 0 bridgehead atoms. The van der Waals surface area contributed by atoms with Gasteiger partial charge in [0.2, 0.25) is 5.82 Å². The van der Waals surface area contributed by atoms with Gasteiger partial charge in [0.05, 0.1) is 4.92 Å². The quantitative estimate of drug-likeness (QED) is 0.213. The van der Waals surface area contributed by atoms with Gasteiger partial charge in [-0.05, 0) is 59.3 Å². The van der Waals surface area contributed by atoms with Crippen molar-refractivity contribution in [3.05, 3.63) is 114 Å². The third kappa shape index (κ3) is 4.61. The number of ether oxygens (including phenoxy) is 2. The molecule has 8 heteroatoms. The van der Waals surface area contributed by atoms with E-state index in [0.29, 0.717) is 22.9 Å². The number of benzene rings is 4. The topological polar surface area (TPSA) is 99.4 Å². The Kier molecular flexibility index (Phi) is 5.69. The fourth-order valence-electron chi connectivity index (χ4n) is 3.40. The van der Waals surface area contributed by atoms with Crippen LogP contribution in [0.5, 0.6) is 23.1 Å². The third-order valence-corrected chi connectivity index (χ3v) is 5.00. The lowest BCUT2D eigenvalue weighted by atomic mass is 10.1. The number of hydrogen-bond acceptors (Lipinski definition) is 7. The minimum atomic E-state index is -0.564. The number of rotatable bonds is 7. The molecule has 0 aliphatic carbocycles. The molecule has 0 radical (unpaired) electrons. The van der Waals surface area contributed by atoms with Crippen molar-refractivity contribution in [3.63, 3.8) is 0 Å². The Morgan fingerprint density at radius 3 is 2.15 bits per heavy atom. The van der Waals surface area contributed by atoms with Crippen LogP contribution in [0.25, 0.3) is 10.8 Å². The Bertz CT molecular complexity index is 1460. The highest BCUT2D eigenvalue weighted by molar-refractivity contribution is 5.84. The van der Waals surface area contributed by atoms with Crippen molar-refractivity contribution in [1.82, 2.24) is 9.97 Å². The van der Waals surface area contributed by atoms with Crippen molar-refractivity contribution in [3.8, 4) is 23.1 Å². The second kappa shape index (κ2) is 9.25. The molecule has 0 saturated carbocycles. The van der Waals surface area contributed by atoms with Crippen LogP contribution >= 0.6 is 0 Å². The van der Waals surface area contributed by atoms with Gasteiger partial charge in [0.1, 0.15) is 23.6 Å². The summed E-state index contributed by atoms with van der Waals surface area (Å²) in [5.74, 6) is 1.66. The summed E-state index contributed by atoms with van der Waals surface area (Å²) in [5.41, 5.74) is 0.235. The first kappa shape index (κ1) is 20.9. The smallest absolute Gasteiger partial charge is 0.373 e. The number of aromatic nitrogens is 2. The molecule has 0 spiro atoms. The molecule has 0 aliphatic heterocycles. The Balaban J connectivity index is 1.38. The van der Waals surface area contributed by atoms with Gasteiger partial charge in [0.15, 0.2) is 0 Å². The number of anilines is 2. The summed E-state index contributed by atoms with van der Waals surface area (Å²) in [6, 6.07) is 29.6. The molecule has 34 heavy (non-hydrogen) atoms. The van der Waals surface area contributed by atoms with Crippen molar-refractivity contribution in [1.29, 1.82) is 0 Å². The summed E-state index contributed by atoms with van der Waals surface area (Å²) in [6.45, 7) is 0. The fourth-order valence-corrected chi connectivity index (χ4v) is 3.40. The van der Waals surface area contributed by atoms with Gasteiger partial charge >= 0.3 is 11.6 Å². The Labute approximate surface area is 194 Å². The van der Waals surface area contributed by atoms with Crippen LogP contribution in [0.3, 0.4) is 0 Å². The van der Waals surface area contributed by atoms with E-state index in [-0.39, 0.29) is 17.4 Å². The molecular formula is C26H18N4O4. The molecule has 0 atom stereocenters. The van der Waals surface area contributed by atoms with E-state index >= 15 is 0 Å². The average molecular weight is 450 g/mol. The third-order valence-electron chi connectivity index (χ3n) is 5.00. The second-order valence-corrected chi connectivity index (χ2v) is 7.31. The van der Waals surface area contributed by atoms with E-state index in [1.807, 2.05) is 60.7 Å². The summed E-state index contributed by atoms with van der Waals surface area (Å²) in [5, 5.41) is 16.8. The van der Waals surface area contributed by atoms with E-state index in [1.54, 1.807) is 36.4 Å². The first-order valence-electron chi connectivity index (χ1n) is 10.4. The van der Waals surface area contributed by atoms with Gasteiger partial charge in [-0.1, -0.05) is 48.5 Å². The molecule has 0 fully saturated rings. The van der Waals surface area contributed by atoms with Crippen LogP contribution in [0, 0.1) is 10.1 Å². The summed E-state index contributed by atoms with van der Waals surface area (Å²) in [7, 11) is 0. The molecule has 0 saturated heterocycles. The van der Waals surface area contributed by atoms with E-state index in [4.69, 9.17) is 9.47 Å². The molecule has 5 aromatic rings. The minimum absolute atomic E-state index is 0.0208. The van der Waals surface area contributed by atoms with E-state index in [1.165, 1.54) is 6.33 Å². The molecule has 0 amide bonds. The van der Waals surface area contributed by atoms with Crippen LogP contribution in [-0.2, 0) is 0 Å². The number of hydrogen-bond donors (Lipinski definition) is 1. The maximum atomic E-state index is 11.9.